The van der Waals surface area contributed by atoms with Crippen molar-refractivity contribution in [2.45, 2.75) is 65.0 Å². The molecule has 0 N–H and O–H groups in total. The Morgan fingerprint density at radius 2 is 1.97 bits per heavy atom. The minimum Gasteiger partial charge on any atom is -0.486 e. The van der Waals surface area contributed by atoms with Gasteiger partial charge in [0.25, 0.3) is 0 Å². The lowest BCUT2D eigenvalue weighted by Gasteiger charge is -2.37. The van der Waals surface area contributed by atoms with Crippen LogP contribution in [0.1, 0.15) is 59.4 Å². The van der Waals surface area contributed by atoms with Crippen LogP contribution in [0.5, 0.6) is 5.75 Å². The van der Waals surface area contributed by atoms with Gasteiger partial charge in [-0.15, -0.1) is 0 Å². The summed E-state index contributed by atoms with van der Waals surface area (Å²) >= 11 is 0. The molecule has 1 amide bonds. The Balaban J connectivity index is 1.39. The second-order valence-electron chi connectivity index (χ2n) is 8.38. The predicted octanol–water partition coefficient (Wildman–Crippen LogP) is 3.62. The lowest BCUT2D eigenvalue weighted by molar-refractivity contribution is -0.131. The second-order valence-corrected chi connectivity index (χ2v) is 8.38. The highest BCUT2D eigenvalue weighted by atomic mass is 16.5. The van der Waals surface area contributed by atoms with Crippen molar-refractivity contribution in [1.82, 2.24) is 14.7 Å². The summed E-state index contributed by atoms with van der Waals surface area (Å²) < 4.78 is 8.26. The number of aromatic nitrogens is 2. The number of hydrogen-bond donors (Lipinski definition) is 0. The Hall–Kier alpha value is -2.63. The van der Waals surface area contributed by atoms with Crippen LogP contribution < -0.4 is 4.74 Å². The van der Waals surface area contributed by atoms with Crippen molar-refractivity contribution in [2.75, 3.05) is 13.1 Å². The van der Waals surface area contributed by atoms with Crippen molar-refractivity contribution in [2.24, 2.45) is 0 Å². The van der Waals surface area contributed by atoms with E-state index in [0.29, 0.717) is 43.7 Å². The molecule has 4 rings (SSSR count). The fourth-order valence-corrected chi connectivity index (χ4v) is 4.50. The Labute approximate surface area is 171 Å². The minimum atomic E-state index is -0.479. The maximum absolute atomic E-state index is 12.8. The molecule has 1 unspecified atom stereocenters. The number of aryl methyl sites for hydroxylation is 2. The molecule has 2 aliphatic heterocycles. The van der Waals surface area contributed by atoms with Crippen LogP contribution in [-0.4, -0.2) is 45.1 Å². The average Bonchev–Trinajstić information content (AvgIpc) is 2.86. The van der Waals surface area contributed by atoms with Crippen LogP contribution in [0.2, 0.25) is 0 Å². The molecule has 1 spiro atoms. The van der Waals surface area contributed by atoms with Crippen LogP contribution in [0.3, 0.4) is 0 Å². The molecule has 0 saturated carbocycles. The Bertz CT molecular complexity index is 949. The third-order valence-electron chi connectivity index (χ3n) is 6.53. The van der Waals surface area contributed by atoms with Gasteiger partial charge in [0.1, 0.15) is 11.4 Å². The largest absolute Gasteiger partial charge is 0.486 e. The number of ether oxygens (including phenoxy) is 1. The number of rotatable bonds is 3. The molecule has 29 heavy (non-hydrogen) atoms. The summed E-state index contributed by atoms with van der Waals surface area (Å²) in [6.45, 7) is 8.06. The lowest BCUT2D eigenvalue weighted by Crippen LogP contribution is -2.43. The Morgan fingerprint density at radius 1 is 1.17 bits per heavy atom. The number of carbonyl (C=O) groups is 2. The van der Waals surface area contributed by atoms with Crippen molar-refractivity contribution in [1.29, 1.82) is 0 Å². The molecular formula is C23H29N3O3. The summed E-state index contributed by atoms with van der Waals surface area (Å²) in [6.07, 6.45) is 3.18. The van der Waals surface area contributed by atoms with E-state index in [0.717, 1.165) is 30.8 Å². The standard InChI is InChI=1S/C23H29N3O3/c1-16-17(2)24-26(18(16)3)13-9-22(28)25-12-6-10-23(11-14-25)15-20(27)19-7-4-5-8-21(19)29-23/h4-5,7-8H,6,9-15H2,1-3H3. The molecule has 1 aromatic carbocycles. The minimum absolute atomic E-state index is 0.145. The van der Waals surface area contributed by atoms with E-state index in [1.54, 1.807) is 0 Å². The normalized spacial score (nSPS) is 21.6. The summed E-state index contributed by atoms with van der Waals surface area (Å²) in [5.74, 6) is 0.977. The van der Waals surface area contributed by atoms with Crippen LogP contribution >= 0.6 is 0 Å². The highest BCUT2D eigenvalue weighted by Crippen LogP contribution is 2.39. The fraction of sp³-hybridized carbons (Fsp3) is 0.522. The highest BCUT2D eigenvalue weighted by molar-refractivity contribution is 6.00. The molecule has 1 atom stereocenters. The topological polar surface area (TPSA) is 64.4 Å². The molecule has 1 fully saturated rings. The molecule has 0 radical (unpaired) electrons. The van der Waals surface area contributed by atoms with Gasteiger partial charge in [0.15, 0.2) is 5.78 Å². The third-order valence-corrected chi connectivity index (χ3v) is 6.53. The van der Waals surface area contributed by atoms with Gasteiger partial charge in [-0.05, 0) is 51.3 Å². The van der Waals surface area contributed by atoms with E-state index >= 15 is 0 Å². The van der Waals surface area contributed by atoms with Gasteiger partial charge in [0.2, 0.25) is 5.91 Å². The first kappa shape index (κ1) is 19.7. The third kappa shape index (κ3) is 3.80. The lowest BCUT2D eigenvalue weighted by atomic mass is 9.84. The number of nitrogens with zero attached hydrogens (tertiary/aromatic N) is 3. The number of benzene rings is 1. The molecule has 0 bridgehead atoms. The van der Waals surface area contributed by atoms with E-state index in [1.807, 2.05) is 47.7 Å². The molecule has 2 aliphatic rings. The van der Waals surface area contributed by atoms with Crippen molar-refractivity contribution in [3.63, 3.8) is 0 Å². The van der Waals surface area contributed by atoms with Crippen LogP contribution in [-0.2, 0) is 11.3 Å². The van der Waals surface area contributed by atoms with Crippen LogP contribution in [0.4, 0.5) is 0 Å². The number of likely N-dealkylation sites (tertiary alicyclic amines) is 1. The van der Waals surface area contributed by atoms with Gasteiger partial charge in [0.05, 0.1) is 17.7 Å². The zero-order valence-corrected chi connectivity index (χ0v) is 17.5. The first-order valence-electron chi connectivity index (χ1n) is 10.5. The summed E-state index contributed by atoms with van der Waals surface area (Å²) in [5.41, 5.74) is 3.53. The molecule has 1 saturated heterocycles. The zero-order chi connectivity index (χ0) is 20.6. The van der Waals surface area contributed by atoms with E-state index in [1.165, 1.54) is 5.56 Å². The summed E-state index contributed by atoms with van der Waals surface area (Å²) in [5, 5.41) is 4.53. The van der Waals surface area contributed by atoms with E-state index in [4.69, 9.17) is 4.74 Å². The summed E-state index contributed by atoms with van der Waals surface area (Å²) in [4.78, 5) is 27.4. The van der Waals surface area contributed by atoms with E-state index in [-0.39, 0.29) is 11.7 Å². The zero-order valence-electron chi connectivity index (χ0n) is 17.5. The molecule has 6 nitrogen and oxygen atoms in total. The van der Waals surface area contributed by atoms with E-state index < -0.39 is 5.60 Å². The number of fused-ring (bicyclic) bond motifs is 1. The van der Waals surface area contributed by atoms with Crippen LogP contribution in [0, 0.1) is 20.8 Å². The second kappa shape index (κ2) is 7.65. The summed E-state index contributed by atoms with van der Waals surface area (Å²) in [6, 6.07) is 7.48. The first-order valence-corrected chi connectivity index (χ1v) is 10.5. The van der Waals surface area contributed by atoms with Crippen LogP contribution in [0.25, 0.3) is 0 Å². The maximum Gasteiger partial charge on any atom is 0.224 e. The molecule has 3 heterocycles. The maximum atomic E-state index is 12.8. The van der Waals surface area contributed by atoms with Crippen LogP contribution in [0.15, 0.2) is 24.3 Å². The van der Waals surface area contributed by atoms with Gasteiger partial charge < -0.3 is 9.64 Å². The Kier molecular flexibility index (Phi) is 5.19. The van der Waals surface area contributed by atoms with Gasteiger partial charge in [-0.25, -0.2) is 0 Å². The fourth-order valence-electron chi connectivity index (χ4n) is 4.50. The predicted molar refractivity (Wildman–Crippen MR) is 110 cm³/mol. The van der Waals surface area contributed by atoms with Gasteiger partial charge in [0, 0.05) is 38.2 Å². The number of ketones is 1. The first-order chi connectivity index (χ1) is 13.9. The molecule has 0 aliphatic carbocycles. The van der Waals surface area contributed by atoms with E-state index in [9.17, 15) is 9.59 Å². The number of amides is 1. The number of Topliss-reactive ketones (excluding diaryl/α,β-unsaturated/α-hetero) is 1. The number of hydrogen-bond acceptors (Lipinski definition) is 4. The quantitative estimate of drug-likeness (QED) is 0.796. The van der Waals surface area contributed by atoms with E-state index in [2.05, 4.69) is 12.0 Å². The van der Waals surface area contributed by atoms with Crippen molar-refractivity contribution in [3.8, 4) is 5.75 Å². The number of carbonyl (C=O) groups excluding carboxylic acids is 2. The SMILES string of the molecule is Cc1nn(CCC(=O)N2CCCC3(CC2)CC(=O)c2ccccc2O3)c(C)c1C. The monoisotopic (exact) mass is 395 g/mol. The Morgan fingerprint density at radius 3 is 2.72 bits per heavy atom. The van der Waals surface area contributed by atoms with Gasteiger partial charge in [-0.2, -0.15) is 5.10 Å². The smallest absolute Gasteiger partial charge is 0.224 e. The van der Waals surface area contributed by atoms with Gasteiger partial charge in [-0.3, -0.25) is 14.3 Å². The van der Waals surface area contributed by atoms with Crippen molar-refractivity contribution in [3.05, 3.63) is 46.8 Å². The highest BCUT2D eigenvalue weighted by Gasteiger charge is 2.41. The van der Waals surface area contributed by atoms with Gasteiger partial charge in [-0.1, -0.05) is 12.1 Å². The number of para-hydroxylation sites is 1. The molecule has 6 heteroatoms. The average molecular weight is 396 g/mol. The molecule has 2 aromatic rings. The van der Waals surface area contributed by atoms with Crippen molar-refractivity contribution >= 4 is 11.7 Å². The molecule has 1 aromatic heterocycles. The van der Waals surface area contributed by atoms with Gasteiger partial charge >= 0.3 is 0 Å². The molecule has 154 valence electrons. The summed E-state index contributed by atoms with van der Waals surface area (Å²) in [7, 11) is 0. The van der Waals surface area contributed by atoms with Crippen molar-refractivity contribution < 1.29 is 14.3 Å². The molecular weight excluding hydrogens is 366 g/mol.